The lowest BCUT2D eigenvalue weighted by atomic mass is 9.98. The molecule has 1 heterocycles. The number of hydrogen-bond acceptors (Lipinski definition) is 4. The second kappa shape index (κ2) is 6.75. The number of aliphatic imine (C=N–C) groups is 1. The minimum Gasteiger partial charge on any atom is -0.301 e. The van der Waals surface area contributed by atoms with Crippen LogP contribution in [0.15, 0.2) is 53.5 Å². The zero-order valence-electron chi connectivity index (χ0n) is 12.1. The van der Waals surface area contributed by atoms with E-state index in [1.807, 2.05) is 0 Å². The predicted octanol–water partition coefficient (Wildman–Crippen LogP) is 2.89. The molecule has 0 saturated carbocycles. The van der Waals surface area contributed by atoms with E-state index in [1.165, 1.54) is 36.0 Å². The SMILES string of the molecule is O=C(NC1=NCCS1)c1ccccc1C(=O)c1ccc(F)cc1. The van der Waals surface area contributed by atoms with Gasteiger partial charge in [0.05, 0.1) is 12.1 Å². The maximum Gasteiger partial charge on any atom is 0.257 e. The first kappa shape index (κ1) is 15.4. The van der Waals surface area contributed by atoms with Gasteiger partial charge in [-0.05, 0) is 30.3 Å². The standard InChI is InChI=1S/C17H13FN2O2S/c18-12-7-5-11(6-8-12)15(21)13-3-1-2-4-14(13)16(22)20-17-19-9-10-23-17/h1-8H,9-10H2,(H,19,20,22). The van der Waals surface area contributed by atoms with Gasteiger partial charge in [-0.3, -0.25) is 14.6 Å². The summed E-state index contributed by atoms with van der Waals surface area (Å²) in [6.45, 7) is 0.677. The molecule has 1 amide bonds. The van der Waals surface area contributed by atoms with E-state index in [2.05, 4.69) is 10.3 Å². The maximum atomic E-state index is 13.0. The molecule has 0 fully saturated rings. The van der Waals surface area contributed by atoms with E-state index in [-0.39, 0.29) is 22.8 Å². The fourth-order valence-corrected chi connectivity index (χ4v) is 2.93. The zero-order valence-corrected chi connectivity index (χ0v) is 12.9. The van der Waals surface area contributed by atoms with Crippen LogP contribution < -0.4 is 5.32 Å². The number of carbonyl (C=O) groups is 2. The van der Waals surface area contributed by atoms with Crippen LogP contribution >= 0.6 is 11.8 Å². The van der Waals surface area contributed by atoms with Crippen LogP contribution in [0.1, 0.15) is 26.3 Å². The molecule has 1 aliphatic rings. The van der Waals surface area contributed by atoms with E-state index < -0.39 is 5.82 Å². The molecule has 0 saturated heterocycles. The molecule has 2 aromatic carbocycles. The van der Waals surface area contributed by atoms with Gasteiger partial charge in [0, 0.05) is 16.9 Å². The molecule has 1 N–H and O–H groups in total. The minimum atomic E-state index is -0.413. The van der Waals surface area contributed by atoms with Crippen molar-refractivity contribution in [3.8, 4) is 0 Å². The average molecular weight is 328 g/mol. The first-order valence-corrected chi connectivity index (χ1v) is 8.01. The molecule has 0 radical (unpaired) electrons. The highest BCUT2D eigenvalue weighted by Crippen LogP contribution is 2.16. The van der Waals surface area contributed by atoms with E-state index >= 15 is 0 Å². The lowest BCUT2D eigenvalue weighted by Gasteiger charge is -2.09. The summed E-state index contributed by atoms with van der Waals surface area (Å²) in [4.78, 5) is 29.1. The molecule has 0 unspecified atom stereocenters. The Labute approximate surface area is 136 Å². The molecule has 4 nitrogen and oxygen atoms in total. The third-order valence-electron chi connectivity index (χ3n) is 3.33. The van der Waals surface area contributed by atoms with Crippen LogP contribution in [0.3, 0.4) is 0 Å². The highest BCUT2D eigenvalue weighted by atomic mass is 32.2. The number of nitrogens with one attached hydrogen (secondary N) is 1. The summed E-state index contributed by atoms with van der Waals surface area (Å²) in [5.41, 5.74) is 0.886. The first-order chi connectivity index (χ1) is 11.1. The van der Waals surface area contributed by atoms with Crippen LogP contribution in [0.5, 0.6) is 0 Å². The number of thioether (sulfide) groups is 1. The van der Waals surface area contributed by atoms with Crippen LogP contribution in [-0.2, 0) is 0 Å². The highest BCUT2D eigenvalue weighted by molar-refractivity contribution is 8.14. The van der Waals surface area contributed by atoms with Crippen molar-refractivity contribution in [2.75, 3.05) is 12.3 Å². The van der Waals surface area contributed by atoms with E-state index in [9.17, 15) is 14.0 Å². The lowest BCUT2D eigenvalue weighted by Crippen LogP contribution is -2.29. The van der Waals surface area contributed by atoms with Gasteiger partial charge in [-0.25, -0.2) is 4.39 Å². The Morgan fingerprint density at radius 1 is 1.04 bits per heavy atom. The summed E-state index contributed by atoms with van der Waals surface area (Å²) in [5.74, 6) is -0.268. The molecule has 23 heavy (non-hydrogen) atoms. The Morgan fingerprint density at radius 2 is 1.74 bits per heavy atom. The van der Waals surface area contributed by atoms with Gasteiger partial charge in [-0.15, -0.1) is 0 Å². The van der Waals surface area contributed by atoms with Gasteiger partial charge in [0.25, 0.3) is 5.91 Å². The van der Waals surface area contributed by atoms with Crippen LogP contribution in [0.25, 0.3) is 0 Å². The third-order valence-corrected chi connectivity index (χ3v) is 4.22. The van der Waals surface area contributed by atoms with Crippen molar-refractivity contribution >= 4 is 28.6 Å². The van der Waals surface area contributed by atoms with E-state index in [4.69, 9.17) is 0 Å². The lowest BCUT2D eigenvalue weighted by molar-refractivity contribution is 0.0963. The highest BCUT2D eigenvalue weighted by Gasteiger charge is 2.20. The molecule has 0 aromatic heterocycles. The molecular weight excluding hydrogens is 315 g/mol. The van der Waals surface area contributed by atoms with E-state index in [0.717, 1.165) is 5.75 Å². The van der Waals surface area contributed by atoms with Gasteiger partial charge >= 0.3 is 0 Å². The number of amidine groups is 1. The maximum absolute atomic E-state index is 13.0. The Kier molecular flexibility index (Phi) is 4.52. The molecule has 6 heteroatoms. The van der Waals surface area contributed by atoms with Gasteiger partial charge < -0.3 is 5.32 Å². The molecule has 2 aromatic rings. The predicted molar refractivity (Wildman–Crippen MR) is 88.5 cm³/mol. The number of nitrogens with zero attached hydrogens (tertiary/aromatic N) is 1. The van der Waals surface area contributed by atoms with Crippen molar-refractivity contribution in [3.63, 3.8) is 0 Å². The third kappa shape index (κ3) is 3.48. The van der Waals surface area contributed by atoms with Gasteiger partial charge in [0.15, 0.2) is 11.0 Å². The number of carbonyl (C=O) groups excluding carboxylic acids is 2. The molecule has 0 bridgehead atoms. The van der Waals surface area contributed by atoms with Gasteiger partial charge in [-0.1, -0.05) is 30.0 Å². The van der Waals surface area contributed by atoms with Crippen LogP contribution in [0.2, 0.25) is 0 Å². The number of amides is 1. The topological polar surface area (TPSA) is 58.5 Å². The number of hydrogen-bond donors (Lipinski definition) is 1. The van der Waals surface area contributed by atoms with Crippen molar-refractivity contribution in [3.05, 3.63) is 71.0 Å². The fraction of sp³-hybridized carbons (Fsp3) is 0.118. The summed E-state index contributed by atoms with van der Waals surface area (Å²) in [5, 5.41) is 3.28. The van der Waals surface area contributed by atoms with Crippen molar-refractivity contribution < 1.29 is 14.0 Å². The Balaban J connectivity index is 1.89. The quantitative estimate of drug-likeness (QED) is 0.882. The number of ketones is 1. The molecule has 0 atom stereocenters. The largest absolute Gasteiger partial charge is 0.301 e. The smallest absolute Gasteiger partial charge is 0.257 e. The van der Waals surface area contributed by atoms with Crippen molar-refractivity contribution in [1.29, 1.82) is 0 Å². The molecule has 0 spiro atoms. The average Bonchev–Trinajstić information content (AvgIpc) is 3.08. The minimum absolute atomic E-state index is 0.275. The van der Waals surface area contributed by atoms with Gasteiger partial charge in [0.1, 0.15) is 5.82 Å². The van der Waals surface area contributed by atoms with Crippen LogP contribution in [-0.4, -0.2) is 29.2 Å². The van der Waals surface area contributed by atoms with E-state index in [0.29, 0.717) is 17.3 Å². The molecule has 0 aliphatic carbocycles. The van der Waals surface area contributed by atoms with Crippen LogP contribution in [0, 0.1) is 5.82 Å². The summed E-state index contributed by atoms with van der Waals surface area (Å²) in [7, 11) is 0. The van der Waals surface area contributed by atoms with Crippen molar-refractivity contribution in [2.45, 2.75) is 0 Å². The first-order valence-electron chi connectivity index (χ1n) is 7.03. The zero-order chi connectivity index (χ0) is 16.2. The van der Waals surface area contributed by atoms with Gasteiger partial charge in [-0.2, -0.15) is 0 Å². The normalized spacial score (nSPS) is 13.5. The fourth-order valence-electron chi connectivity index (χ4n) is 2.21. The van der Waals surface area contributed by atoms with Gasteiger partial charge in [0.2, 0.25) is 0 Å². The molecule has 3 rings (SSSR count). The second-order valence-electron chi connectivity index (χ2n) is 4.87. The number of benzene rings is 2. The molecule has 1 aliphatic heterocycles. The molecule has 116 valence electrons. The monoisotopic (exact) mass is 328 g/mol. The summed E-state index contributed by atoms with van der Waals surface area (Å²) in [6.07, 6.45) is 0. The summed E-state index contributed by atoms with van der Waals surface area (Å²) >= 11 is 1.47. The van der Waals surface area contributed by atoms with E-state index in [1.54, 1.807) is 24.3 Å². The Morgan fingerprint density at radius 3 is 2.39 bits per heavy atom. The summed E-state index contributed by atoms with van der Waals surface area (Å²) in [6, 6.07) is 11.8. The Bertz CT molecular complexity index is 787. The second-order valence-corrected chi connectivity index (χ2v) is 5.95. The van der Waals surface area contributed by atoms with Crippen LogP contribution in [0.4, 0.5) is 4.39 Å². The van der Waals surface area contributed by atoms with Crippen molar-refractivity contribution in [2.24, 2.45) is 4.99 Å². The number of rotatable bonds is 3. The molecular formula is C17H13FN2O2S. The Hall–Kier alpha value is -2.47. The number of halogens is 1. The van der Waals surface area contributed by atoms with Crippen molar-refractivity contribution in [1.82, 2.24) is 5.32 Å². The summed E-state index contributed by atoms with van der Waals surface area (Å²) < 4.78 is 13.0.